The Kier molecular flexibility index (Phi) is 1.83. The van der Waals surface area contributed by atoms with Gasteiger partial charge in [0.25, 0.3) is 0 Å². The van der Waals surface area contributed by atoms with Crippen molar-refractivity contribution < 1.29 is 9.94 Å². The highest BCUT2D eigenvalue weighted by molar-refractivity contribution is 5.24. The van der Waals surface area contributed by atoms with Crippen LogP contribution in [0.15, 0.2) is 11.3 Å². The number of allylic oxidation sites excluding steroid dienone is 1. The van der Waals surface area contributed by atoms with Gasteiger partial charge in [0.2, 0.25) is 0 Å². The molecule has 4 nitrogen and oxygen atoms in total. The topological polar surface area (TPSA) is 58.7 Å². The van der Waals surface area contributed by atoms with Crippen LogP contribution in [0.3, 0.4) is 0 Å². The van der Waals surface area contributed by atoms with Gasteiger partial charge in [0.15, 0.2) is 6.23 Å². The second kappa shape index (κ2) is 2.73. The van der Waals surface area contributed by atoms with Crippen LogP contribution in [0.1, 0.15) is 19.3 Å². The average molecular weight is 170 g/mol. The molecule has 0 radical (unpaired) electrons. The van der Waals surface area contributed by atoms with Crippen molar-refractivity contribution in [3.05, 3.63) is 11.3 Å². The highest BCUT2D eigenvalue weighted by Crippen LogP contribution is 2.33. The van der Waals surface area contributed by atoms with Crippen LogP contribution in [-0.4, -0.2) is 29.5 Å². The number of rotatable bonds is 0. The summed E-state index contributed by atoms with van der Waals surface area (Å²) in [6.07, 6.45) is 2.29. The van der Waals surface area contributed by atoms with E-state index in [1.165, 1.54) is 5.06 Å². The number of hydrogen-bond donors (Lipinski definition) is 2. The van der Waals surface area contributed by atoms with Crippen molar-refractivity contribution in [1.29, 1.82) is 0 Å². The lowest BCUT2D eigenvalue weighted by Gasteiger charge is -2.19. The molecule has 0 bridgehead atoms. The molecule has 0 fully saturated rings. The van der Waals surface area contributed by atoms with Gasteiger partial charge >= 0.3 is 0 Å². The van der Waals surface area contributed by atoms with Crippen LogP contribution in [0.5, 0.6) is 0 Å². The van der Waals surface area contributed by atoms with Crippen molar-refractivity contribution in [2.24, 2.45) is 5.73 Å². The number of nitrogens with zero attached hydrogens (tertiary/aromatic N) is 1. The van der Waals surface area contributed by atoms with Crippen molar-refractivity contribution in [1.82, 2.24) is 5.06 Å². The van der Waals surface area contributed by atoms with E-state index in [2.05, 4.69) is 0 Å². The molecule has 68 valence electrons. The quantitative estimate of drug-likeness (QED) is 0.535. The highest BCUT2D eigenvalue weighted by atomic mass is 16.7. The maximum Gasteiger partial charge on any atom is 0.166 e. The van der Waals surface area contributed by atoms with Crippen molar-refractivity contribution in [2.45, 2.75) is 31.5 Å². The average Bonchev–Trinajstić information content (AvgIpc) is 2.29. The molecule has 0 aromatic rings. The lowest BCUT2D eigenvalue weighted by atomic mass is 9.93. The van der Waals surface area contributed by atoms with E-state index in [1.807, 2.05) is 0 Å². The minimum Gasteiger partial charge on any atom is -0.408 e. The van der Waals surface area contributed by atoms with Crippen LogP contribution in [0.4, 0.5) is 0 Å². The minimum atomic E-state index is -0.629. The molecule has 0 aromatic heterocycles. The van der Waals surface area contributed by atoms with Gasteiger partial charge < -0.3 is 15.7 Å². The summed E-state index contributed by atoms with van der Waals surface area (Å²) in [6, 6.07) is -0.0197. The summed E-state index contributed by atoms with van der Waals surface area (Å²) in [4.78, 5) is 5.33. The van der Waals surface area contributed by atoms with E-state index in [4.69, 9.17) is 10.6 Å². The summed E-state index contributed by atoms with van der Waals surface area (Å²) in [6.45, 7) is 0. The third kappa shape index (κ3) is 1.03. The zero-order chi connectivity index (χ0) is 8.72. The van der Waals surface area contributed by atoms with Crippen molar-refractivity contribution in [3.8, 4) is 0 Å². The Bertz CT molecular complexity index is 227. The molecule has 0 saturated heterocycles. The van der Waals surface area contributed by atoms with E-state index < -0.39 is 6.23 Å². The number of hydroxylamine groups is 2. The van der Waals surface area contributed by atoms with Gasteiger partial charge in [-0.05, 0) is 12.8 Å². The molecular formula is C8H14N2O2. The minimum absolute atomic E-state index is 0.0197. The third-order valence-electron chi connectivity index (χ3n) is 2.52. The summed E-state index contributed by atoms with van der Waals surface area (Å²) in [5.41, 5.74) is 6.73. The maximum atomic E-state index is 9.63. The molecule has 1 heterocycles. The second-order valence-corrected chi connectivity index (χ2v) is 3.39. The molecule has 2 atom stereocenters. The Balaban J connectivity index is 2.27. The van der Waals surface area contributed by atoms with Crippen LogP contribution in [0, 0.1) is 0 Å². The molecular weight excluding hydrogens is 156 g/mol. The van der Waals surface area contributed by atoms with Crippen molar-refractivity contribution >= 4 is 0 Å². The molecule has 0 amide bonds. The van der Waals surface area contributed by atoms with Gasteiger partial charge in [-0.1, -0.05) is 0 Å². The fourth-order valence-electron chi connectivity index (χ4n) is 1.84. The van der Waals surface area contributed by atoms with E-state index in [0.29, 0.717) is 0 Å². The van der Waals surface area contributed by atoms with Crippen LogP contribution in [0.2, 0.25) is 0 Å². The first-order valence-electron chi connectivity index (χ1n) is 4.27. The number of aliphatic hydroxyl groups is 1. The van der Waals surface area contributed by atoms with E-state index in [1.54, 1.807) is 7.05 Å². The van der Waals surface area contributed by atoms with Crippen LogP contribution < -0.4 is 5.73 Å². The largest absolute Gasteiger partial charge is 0.408 e. The molecule has 0 spiro atoms. The van der Waals surface area contributed by atoms with Gasteiger partial charge in [-0.25, -0.2) is 0 Å². The molecule has 2 aliphatic rings. The molecule has 2 rings (SSSR count). The van der Waals surface area contributed by atoms with E-state index >= 15 is 0 Å². The first-order chi connectivity index (χ1) is 5.70. The standard InChI is InChI=1S/C8H14N2O2/c1-10-8(11)7-5(9)3-2-4-6(7)12-10/h5,8,11H,2-4,9H2,1H3. The first-order valence-corrected chi connectivity index (χ1v) is 4.27. The van der Waals surface area contributed by atoms with Crippen molar-refractivity contribution in [3.63, 3.8) is 0 Å². The van der Waals surface area contributed by atoms with Gasteiger partial charge in [0.05, 0.1) is 0 Å². The third-order valence-corrected chi connectivity index (χ3v) is 2.52. The first kappa shape index (κ1) is 8.04. The number of nitrogens with two attached hydrogens (primary N) is 1. The normalized spacial score (nSPS) is 36.6. The highest BCUT2D eigenvalue weighted by Gasteiger charge is 2.36. The van der Waals surface area contributed by atoms with Gasteiger partial charge in [0.1, 0.15) is 5.76 Å². The molecule has 1 aliphatic carbocycles. The van der Waals surface area contributed by atoms with Gasteiger partial charge in [-0.2, -0.15) is 0 Å². The number of aliphatic hydroxyl groups excluding tert-OH is 1. The number of hydrogen-bond acceptors (Lipinski definition) is 4. The lowest BCUT2D eigenvalue weighted by molar-refractivity contribution is -0.153. The Hall–Kier alpha value is -0.580. The van der Waals surface area contributed by atoms with E-state index in [0.717, 1.165) is 30.6 Å². The molecule has 4 heteroatoms. The zero-order valence-corrected chi connectivity index (χ0v) is 7.16. The summed E-state index contributed by atoms with van der Waals surface area (Å²) < 4.78 is 0. The maximum absolute atomic E-state index is 9.63. The molecule has 1 aliphatic heterocycles. The molecule has 12 heavy (non-hydrogen) atoms. The smallest absolute Gasteiger partial charge is 0.166 e. The molecule has 0 saturated carbocycles. The summed E-state index contributed by atoms with van der Waals surface area (Å²) >= 11 is 0. The van der Waals surface area contributed by atoms with Crippen LogP contribution >= 0.6 is 0 Å². The number of likely N-dealkylation sites (N-methyl/N-ethyl adjacent to an activating group) is 1. The molecule has 0 aromatic carbocycles. The second-order valence-electron chi connectivity index (χ2n) is 3.39. The zero-order valence-electron chi connectivity index (χ0n) is 7.16. The predicted molar refractivity (Wildman–Crippen MR) is 43.7 cm³/mol. The fourth-order valence-corrected chi connectivity index (χ4v) is 1.84. The van der Waals surface area contributed by atoms with Crippen LogP contribution in [0.25, 0.3) is 0 Å². The SMILES string of the molecule is CN1OC2=C(C(N)CCC2)C1O. The Morgan fingerprint density at radius 1 is 1.67 bits per heavy atom. The fraction of sp³-hybridized carbons (Fsp3) is 0.750. The Morgan fingerprint density at radius 3 is 3.08 bits per heavy atom. The monoisotopic (exact) mass is 170 g/mol. The van der Waals surface area contributed by atoms with Gasteiger partial charge in [-0.15, -0.1) is 5.06 Å². The predicted octanol–water partition coefficient (Wildman–Crippen LogP) is -0.0529. The van der Waals surface area contributed by atoms with E-state index in [-0.39, 0.29) is 6.04 Å². The Morgan fingerprint density at radius 2 is 2.42 bits per heavy atom. The van der Waals surface area contributed by atoms with Gasteiger partial charge in [-0.3, -0.25) is 0 Å². The van der Waals surface area contributed by atoms with E-state index in [9.17, 15) is 5.11 Å². The Labute approximate surface area is 71.6 Å². The van der Waals surface area contributed by atoms with Crippen LogP contribution in [-0.2, 0) is 4.84 Å². The van der Waals surface area contributed by atoms with Crippen molar-refractivity contribution in [2.75, 3.05) is 7.05 Å². The summed E-state index contributed by atoms with van der Waals surface area (Å²) in [5, 5.41) is 11.1. The lowest BCUT2D eigenvalue weighted by Crippen LogP contribution is -2.35. The summed E-state index contributed by atoms with van der Waals surface area (Å²) in [5.74, 6) is 0.878. The summed E-state index contributed by atoms with van der Waals surface area (Å²) in [7, 11) is 1.72. The molecule has 3 N–H and O–H groups in total. The van der Waals surface area contributed by atoms with Gasteiger partial charge in [0, 0.05) is 25.1 Å². The molecule has 2 unspecified atom stereocenters.